The average molecular weight is 411 g/mol. The van der Waals surface area contributed by atoms with E-state index in [0.717, 1.165) is 6.07 Å². The van der Waals surface area contributed by atoms with Gasteiger partial charge in [-0.3, -0.25) is 19.7 Å². The van der Waals surface area contributed by atoms with Crippen LogP contribution in [0.25, 0.3) is 0 Å². The molecule has 0 spiro atoms. The van der Waals surface area contributed by atoms with Gasteiger partial charge >= 0.3 is 5.97 Å². The number of non-ortho nitro benzene ring substituents is 1. The van der Waals surface area contributed by atoms with Crippen molar-refractivity contribution in [3.63, 3.8) is 0 Å². The van der Waals surface area contributed by atoms with E-state index in [-0.39, 0.29) is 11.3 Å². The minimum atomic E-state index is -1.90. The predicted octanol–water partition coefficient (Wildman–Crippen LogP) is 2.90. The van der Waals surface area contributed by atoms with Gasteiger partial charge in [-0.15, -0.1) is 0 Å². The molecule has 0 aromatic heterocycles. The fourth-order valence-electron chi connectivity index (χ4n) is 3.25. The molecule has 1 atom stereocenters. The lowest BCUT2D eigenvalue weighted by molar-refractivity contribution is -0.384. The van der Waals surface area contributed by atoms with Gasteiger partial charge in [0.2, 0.25) is 11.5 Å². The standard InChI is InChI=1S/C21H21N3O6/c1-20(2,3)23-17(25)12-21(15-9-4-5-10-16(15)22-19(21)27)30-18(26)13-7-6-8-14(11-13)24(28)29/h4-11H,12H2,1-3H3,(H,22,27)(H,23,25). The van der Waals surface area contributed by atoms with E-state index < -0.39 is 40.3 Å². The van der Waals surface area contributed by atoms with Crippen molar-refractivity contribution >= 4 is 29.2 Å². The molecular weight excluding hydrogens is 390 g/mol. The number of nitro benzene ring substituents is 1. The minimum Gasteiger partial charge on any atom is -0.440 e. The number of nitrogens with zero attached hydrogens (tertiary/aromatic N) is 1. The van der Waals surface area contributed by atoms with E-state index in [2.05, 4.69) is 10.6 Å². The third kappa shape index (κ3) is 4.14. The molecule has 0 radical (unpaired) electrons. The van der Waals surface area contributed by atoms with Gasteiger partial charge in [-0.1, -0.05) is 24.3 Å². The maximum atomic E-state index is 12.9. The van der Waals surface area contributed by atoms with E-state index in [0.29, 0.717) is 11.3 Å². The summed E-state index contributed by atoms with van der Waals surface area (Å²) in [5.41, 5.74) is -2.07. The van der Waals surface area contributed by atoms with E-state index in [4.69, 9.17) is 4.74 Å². The highest BCUT2D eigenvalue weighted by atomic mass is 16.6. The Hall–Kier alpha value is -3.75. The molecule has 1 aliphatic heterocycles. The summed E-state index contributed by atoms with van der Waals surface area (Å²) in [4.78, 5) is 48.8. The summed E-state index contributed by atoms with van der Waals surface area (Å²) in [6, 6.07) is 11.6. The Morgan fingerprint density at radius 1 is 1.17 bits per heavy atom. The lowest BCUT2D eigenvalue weighted by Gasteiger charge is -2.29. The van der Waals surface area contributed by atoms with Crippen molar-refractivity contribution in [2.75, 3.05) is 5.32 Å². The van der Waals surface area contributed by atoms with Crippen LogP contribution in [0.5, 0.6) is 0 Å². The van der Waals surface area contributed by atoms with Crippen molar-refractivity contribution in [1.82, 2.24) is 5.32 Å². The highest BCUT2D eigenvalue weighted by Gasteiger charge is 2.52. The number of para-hydroxylation sites is 1. The zero-order chi connectivity index (χ0) is 22.1. The Labute approximate surface area is 172 Å². The van der Waals surface area contributed by atoms with Crippen molar-refractivity contribution in [2.45, 2.75) is 38.3 Å². The topological polar surface area (TPSA) is 128 Å². The second-order valence-electron chi connectivity index (χ2n) is 8.00. The Bertz CT molecular complexity index is 1040. The summed E-state index contributed by atoms with van der Waals surface area (Å²) in [7, 11) is 0. The first-order valence-electron chi connectivity index (χ1n) is 9.22. The van der Waals surface area contributed by atoms with Gasteiger partial charge in [0, 0.05) is 28.9 Å². The van der Waals surface area contributed by atoms with E-state index in [1.54, 1.807) is 45.0 Å². The van der Waals surface area contributed by atoms with Gasteiger partial charge in [0.15, 0.2) is 0 Å². The van der Waals surface area contributed by atoms with E-state index in [1.165, 1.54) is 18.2 Å². The molecule has 30 heavy (non-hydrogen) atoms. The van der Waals surface area contributed by atoms with Gasteiger partial charge in [-0.05, 0) is 32.9 Å². The predicted molar refractivity (Wildman–Crippen MR) is 108 cm³/mol. The molecule has 1 aliphatic rings. The number of ether oxygens (including phenoxy) is 1. The molecule has 1 heterocycles. The second-order valence-corrected chi connectivity index (χ2v) is 8.00. The second kappa shape index (κ2) is 7.58. The van der Waals surface area contributed by atoms with E-state index in [1.807, 2.05) is 0 Å². The Kier molecular flexibility index (Phi) is 5.30. The number of esters is 1. The molecule has 0 bridgehead atoms. The van der Waals surface area contributed by atoms with E-state index in [9.17, 15) is 24.5 Å². The largest absolute Gasteiger partial charge is 0.440 e. The molecule has 2 amide bonds. The molecular formula is C21H21N3O6. The van der Waals surface area contributed by atoms with Gasteiger partial charge in [0.25, 0.3) is 11.6 Å². The Balaban J connectivity index is 2.00. The summed E-state index contributed by atoms with van der Waals surface area (Å²) >= 11 is 0. The molecule has 0 aliphatic carbocycles. The van der Waals surface area contributed by atoms with Crippen LogP contribution in [0.2, 0.25) is 0 Å². The van der Waals surface area contributed by atoms with Crippen molar-refractivity contribution in [3.8, 4) is 0 Å². The first kappa shape index (κ1) is 21.0. The molecule has 0 saturated heterocycles. The summed E-state index contributed by atoms with van der Waals surface area (Å²) in [5.74, 6) is -2.10. The van der Waals surface area contributed by atoms with Crippen LogP contribution in [-0.2, 0) is 19.9 Å². The normalized spacial score (nSPS) is 17.6. The number of anilines is 1. The highest BCUT2D eigenvalue weighted by Crippen LogP contribution is 2.42. The smallest absolute Gasteiger partial charge is 0.339 e. The number of carbonyl (C=O) groups is 3. The van der Waals surface area contributed by atoms with Gasteiger partial charge < -0.3 is 15.4 Å². The number of nitrogens with one attached hydrogen (secondary N) is 2. The summed E-state index contributed by atoms with van der Waals surface area (Å²) in [5, 5.41) is 16.4. The van der Waals surface area contributed by atoms with E-state index >= 15 is 0 Å². The maximum absolute atomic E-state index is 12.9. The zero-order valence-corrected chi connectivity index (χ0v) is 16.7. The molecule has 1 unspecified atom stereocenters. The third-order valence-corrected chi connectivity index (χ3v) is 4.46. The fourth-order valence-corrected chi connectivity index (χ4v) is 3.25. The van der Waals surface area contributed by atoms with Crippen molar-refractivity contribution < 1.29 is 24.0 Å². The number of benzene rings is 2. The van der Waals surface area contributed by atoms with Crippen molar-refractivity contribution in [2.24, 2.45) is 0 Å². The Morgan fingerprint density at radius 3 is 2.53 bits per heavy atom. The molecule has 156 valence electrons. The lowest BCUT2D eigenvalue weighted by atomic mass is 9.90. The molecule has 2 aromatic carbocycles. The highest BCUT2D eigenvalue weighted by molar-refractivity contribution is 6.09. The SMILES string of the molecule is CC(C)(C)NC(=O)CC1(OC(=O)c2cccc([N+](=O)[O-])c2)C(=O)Nc2ccccc21. The number of amides is 2. The van der Waals surface area contributed by atoms with Crippen LogP contribution in [-0.4, -0.2) is 28.2 Å². The quantitative estimate of drug-likeness (QED) is 0.442. The zero-order valence-electron chi connectivity index (χ0n) is 16.7. The van der Waals surface area contributed by atoms with Crippen LogP contribution in [0.1, 0.15) is 43.1 Å². The number of hydrogen-bond donors (Lipinski definition) is 2. The lowest BCUT2D eigenvalue weighted by Crippen LogP contribution is -2.47. The van der Waals surface area contributed by atoms with Crippen molar-refractivity contribution in [3.05, 3.63) is 69.8 Å². The summed E-state index contributed by atoms with van der Waals surface area (Å²) in [6.07, 6.45) is -0.437. The number of hydrogen-bond acceptors (Lipinski definition) is 6. The first-order chi connectivity index (χ1) is 14.0. The number of carbonyl (C=O) groups excluding carboxylic acids is 3. The molecule has 2 aromatic rings. The number of rotatable bonds is 5. The summed E-state index contributed by atoms with van der Waals surface area (Å²) < 4.78 is 5.61. The van der Waals surface area contributed by atoms with Crippen LogP contribution in [0.15, 0.2) is 48.5 Å². The van der Waals surface area contributed by atoms with Crippen LogP contribution in [0.4, 0.5) is 11.4 Å². The Morgan fingerprint density at radius 2 is 1.87 bits per heavy atom. The van der Waals surface area contributed by atoms with Gasteiger partial charge in [-0.25, -0.2) is 4.79 Å². The monoisotopic (exact) mass is 411 g/mol. The van der Waals surface area contributed by atoms with Crippen LogP contribution < -0.4 is 10.6 Å². The molecule has 0 fully saturated rings. The first-order valence-corrected chi connectivity index (χ1v) is 9.22. The molecule has 3 rings (SSSR count). The average Bonchev–Trinajstić information content (AvgIpc) is 2.91. The minimum absolute atomic E-state index is 0.100. The molecule has 0 saturated carbocycles. The molecule has 9 heteroatoms. The number of fused-ring (bicyclic) bond motifs is 1. The van der Waals surface area contributed by atoms with Gasteiger partial charge in [-0.2, -0.15) is 0 Å². The van der Waals surface area contributed by atoms with Crippen LogP contribution in [0.3, 0.4) is 0 Å². The van der Waals surface area contributed by atoms with Gasteiger partial charge in [0.05, 0.1) is 16.9 Å². The number of nitro groups is 1. The summed E-state index contributed by atoms with van der Waals surface area (Å²) in [6.45, 7) is 5.36. The van der Waals surface area contributed by atoms with Crippen LogP contribution in [0, 0.1) is 10.1 Å². The third-order valence-electron chi connectivity index (χ3n) is 4.46. The fraction of sp³-hybridized carbons (Fsp3) is 0.286. The molecule has 9 nitrogen and oxygen atoms in total. The maximum Gasteiger partial charge on any atom is 0.339 e. The van der Waals surface area contributed by atoms with Gasteiger partial charge in [0.1, 0.15) is 0 Å². The molecule has 2 N–H and O–H groups in total. The van der Waals surface area contributed by atoms with Crippen LogP contribution >= 0.6 is 0 Å². The van der Waals surface area contributed by atoms with Crippen molar-refractivity contribution in [1.29, 1.82) is 0 Å².